The van der Waals surface area contributed by atoms with Gasteiger partial charge >= 0.3 is 5.51 Å². The van der Waals surface area contributed by atoms with Crippen LogP contribution in [0.4, 0.5) is 13.2 Å². The molecule has 0 unspecified atom stereocenters. The molecule has 3 N–H and O–H groups in total. The van der Waals surface area contributed by atoms with Gasteiger partial charge in [0, 0.05) is 16.5 Å². The topological polar surface area (TPSA) is 46.2 Å². The van der Waals surface area contributed by atoms with Gasteiger partial charge in [-0.05, 0) is 42.3 Å². The first-order chi connectivity index (χ1) is 8.19. The van der Waals surface area contributed by atoms with Crippen molar-refractivity contribution in [2.45, 2.75) is 36.7 Å². The van der Waals surface area contributed by atoms with E-state index in [0.29, 0.717) is 17.9 Å². The van der Waals surface area contributed by atoms with Crippen molar-refractivity contribution in [1.82, 2.24) is 0 Å². The molecule has 110 valence electrons. The van der Waals surface area contributed by atoms with Crippen LogP contribution < -0.4 is 5.73 Å². The van der Waals surface area contributed by atoms with Crippen LogP contribution in [-0.4, -0.2) is 10.6 Å². The van der Waals surface area contributed by atoms with Crippen molar-refractivity contribution < 1.29 is 18.3 Å². The molecule has 2 nitrogen and oxygen atoms in total. The predicted molar refractivity (Wildman–Crippen MR) is 73.7 cm³/mol. The molecular weight excluding hydrogens is 299 g/mol. The molecule has 7 heteroatoms. The van der Waals surface area contributed by atoms with Crippen molar-refractivity contribution in [3.05, 3.63) is 23.8 Å². The lowest BCUT2D eigenvalue weighted by molar-refractivity contribution is -0.0328. The zero-order valence-corrected chi connectivity index (χ0v) is 12.2. The number of hydrogen-bond acceptors (Lipinski definition) is 3. The second-order valence-electron chi connectivity index (χ2n) is 4.50. The van der Waals surface area contributed by atoms with Crippen LogP contribution in [0, 0.1) is 5.92 Å². The third kappa shape index (κ3) is 6.40. The molecule has 0 bridgehead atoms. The Bertz CT molecular complexity index is 412. The van der Waals surface area contributed by atoms with Gasteiger partial charge in [0.2, 0.25) is 0 Å². The maximum atomic E-state index is 12.3. The summed E-state index contributed by atoms with van der Waals surface area (Å²) in [5.41, 5.74) is 1.90. The summed E-state index contributed by atoms with van der Waals surface area (Å²) in [7, 11) is 0. The minimum absolute atomic E-state index is 0. The van der Waals surface area contributed by atoms with E-state index in [4.69, 9.17) is 5.73 Å². The van der Waals surface area contributed by atoms with Crippen LogP contribution >= 0.6 is 24.2 Å². The summed E-state index contributed by atoms with van der Waals surface area (Å²) < 4.78 is 36.8. The molecule has 19 heavy (non-hydrogen) atoms. The number of phenolic OH excluding ortho intramolecular Hbond substituents is 1. The molecule has 0 radical (unpaired) electrons. The number of hydrogen-bond donors (Lipinski definition) is 2. The number of phenols is 1. The van der Waals surface area contributed by atoms with E-state index >= 15 is 0 Å². The minimum atomic E-state index is -4.34. The van der Waals surface area contributed by atoms with Gasteiger partial charge in [-0.25, -0.2) is 0 Å². The first-order valence-corrected chi connectivity index (χ1v) is 6.35. The molecule has 1 atom stereocenters. The summed E-state index contributed by atoms with van der Waals surface area (Å²) in [5.74, 6) is 0.244. The lowest BCUT2D eigenvalue weighted by Crippen LogP contribution is -2.13. The van der Waals surface area contributed by atoms with Gasteiger partial charge in [-0.3, -0.25) is 0 Å². The van der Waals surface area contributed by atoms with Crippen molar-refractivity contribution >= 4 is 24.2 Å². The molecule has 1 rings (SSSR count). The van der Waals surface area contributed by atoms with Gasteiger partial charge in [0.25, 0.3) is 0 Å². The normalized spacial score (nSPS) is 13.2. The van der Waals surface area contributed by atoms with Crippen molar-refractivity contribution in [3.8, 4) is 5.75 Å². The van der Waals surface area contributed by atoms with E-state index < -0.39 is 11.6 Å². The molecule has 0 saturated heterocycles. The Hall–Kier alpha value is -0.590. The molecule has 0 amide bonds. The Morgan fingerprint density at radius 2 is 1.89 bits per heavy atom. The molecule has 1 aromatic carbocycles. The highest BCUT2D eigenvalue weighted by molar-refractivity contribution is 8.00. The summed E-state index contributed by atoms with van der Waals surface area (Å²) in [6.07, 6.45) is 0.605. The second kappa shape index (κ2) is 7.26. The van der Waals surface area contributed by atoms with E-state index in [0.717, 1.165) is 0 Å². The van der Waals surface area contributed by atoms with Gasteiger partial charge in [-0.15, -0.1) is 12.4 Å². The fourth-order valence-corrected chi connectivity index (χ4v) is 2.25. The highest BCUT2D eigenvalue weighted by atomic mass is 35.5. The molecule has 0 aliphatic rings. The van der Waals surface area contributed by atoms with Gasteiger partial charge in [0.05, 0.1) is 0 Å². The lowest BCUT2D eigenvalue weighted by Gasteiger charge is -2.17. The highest BCUT2D eigenvalue weighted by Crippen LogP contribution is 2.39. The third-order valence-corrected chi connectivity index (χ3v) is 3.08. The average Bonchev–Trinajstić information content (AvgIpc) is 2.17. The molecular formula is C12H17ClF3NOS. The zero-order chi connectivity index (χ0) is 13.9. The van der Waals surface area contributed by atoms with Crippen LogP contribution in [0.25, 0.3) is 0 Å². The SMILES string of the molecule is CC(C)C[C@H](N)c1cc(SC(F)(F)F)ccc1O.Cl. The number of halogens is 4. The molecule has 0 spiro atoms. The first-order valence-electron chi connectivity index (χ1n) is 5.53. The van der Waals surface area contributed by atoms with Crippen molar-refractivity contribution in [2.24, 2.45) is 11.7 Å². The molecule has 1 aromatic rings. The van der Waals surface area contributed by atoms with Crippen LogP contribution in [0.1, 0.15) is 31.9 Å². The quantitative estimate of drug-likeness (QED) is 0.806. The van der Waals surface area contributed by atoms with Crippen LogP contribution in [0.15, 0.2) is 23.1 Å². The van der Waals surface area contributed by atoms with Gasteiger partial charge in [0.1, 0.15) is 5.75 Å². The largest absolute Gasteiger partial charge is 0.508 e. The lowest BCUT2D eigenvalue weighted by atomic mass is 9.97. The van der Waals surface area contributed by atoms with Crippen LogP contribution in [0.3, 0.4) is 0 Å². The second-order valence-corrected chi connectivity index (χ2v) is 5.64. The summed E-state index contributed by atoms with van der Waals surface area (Å²) in [6.45, 7) is 3.93. The Kier molecular flexibility index (Phi) is 7.04. The van der Waals surface area contributed by atoms with Gasteiger partial charge in [-0.1, -0.05) is 13.8 Å². The van der Waals surface area contributed by atoms with Crippen LogP contribution in [-0.2, 0) is 0 Å². The number of thioether (sulfide) groups is 1. The number of nitrogens with two attached hydrogens (primary N) is 1. The van der Waals surface area contributed by atoms with E-state index in [1.807, 2.05) is 13.8 Å². The summed E-state index contributed by atoms with van der Waals surface area (Å²) >= 11 is -0.207. The Morgan fingerprint density at radius 1 is 1.32 bits per heavy atom. The molecule has 0 heterocycles. The summed E-state index contributed by atoms with van der Waals surface area (Å²) in [4.78, 5) is 0.0366. The Balaban J connectivity index is 0.00000324. The number of alkyl halides is 3. The smallest absolute Gasteiger partial charge is 0.446 e. The molecule has 0 aliphatic carbocycles. The standard InChI is InChI=1S/C12H16F3NOS.ClH/c1-7(2)5-10(16)9-6-8(3-4-11(9)17)18-12(13,14)15;/h3-4,6-7,10,17H,5,16H2,1-2H3;1H/t10-;/m0./s1. The maximum Gasteiger partial charge on any atom is 0.446 e. The monoisotopic (exact) mass is 315 g/mol. The maximum absolute atomic E-state index is 12.3. The molecule has 0 fully saturated rings. The fraction of sp³-hybridized carbons (Fsp3) is 0.500. The number of aromatic hydroxyl groups is 1. The zero-order valence-electron chi connectivity index (χ0n) is 10.6. The molecule has 0 saturated carbocycles. The Labute approximate surface area is 121 Å². The predicted octanol–water partition coefficient (Wildman–Crippen LogP) is 4.47. The number of rotatable bonds is 4. The average molecular weight is 316 g/mol. The number of benzene rings is 1. The highest BCUT2D eigenvalue weighted by Gasteiger charge is 2.29. The van der Waals surface area contributed by atoms with Crippen molar-refractivity contribution in [1.29, 1.82) is 0 Å². The Morgan fingerprint density at radius 3 is 2.37 bits per heavy atom. The van der Waals surface area contributed by atoms with Gasteiger partial charge < -0.3 is 10.8 Å². The first kappa shape index (κ1) is 18.4. The molecule has 0 aliphatic heterocycles. The van der Waals surface area contributed by atoms with Crippen LogP contribution in [0.5, 0.6) is 5.75 Å². The van der Waals surface area contributed by atoms with E-state index in [2.05, 4.69) is 0 Å². The third-order valence-electron chi connectivity index (χ3n) is 2.36. The van der Waals surface area contributed by atoms with Gasteiger partial charge in [-0.2, -0.15) is 13.2 Å². The van der Waals surface area contributed by atoms with Crippen molar-refractivity contribution in [2.75, 3.05) is 0 Å². The summed E-state index contributed by atoms with van der Waals surface area (Å²) in [5, 5.41) is 9.65. The molecule has 0 aromatic heterocycles. The van der Waals surface area contributed by atoms with E-state index in [1.165, 1.54) is 18.2 Å². The minimum Gasteiger partial charge on any atom is -0.508 e. The van der Waals surface area contributed by atoms with Crippen LogP contribution in [0.2, 0.25) is 0 Å². The van der Waals surface area contributed by atoms with E-state index in [1.54, 1.807) is 0 Å². The van der Waals surface area contributed by atoms with E-state index in [-0.39, 0.29) is 34.8 Å². The van der Waals surface area contributed by atoms with Crippen molar-refractivity contribution in [3.63, 3.8) is 0 Å². The summed E-state index contributed by atoms with van der Waals surface area (Å²) in [6, 6.07) is 3.34. The fourth-order valence-electron chi connectivity index (χ4n) is 1.66. The van der Waals surface area contributed by atoms with Gasteiger partial charge in [0.15, 0.2) is 0 Å². The van der Waals surface area contributed by atoms with E-state index in [9.17, 15) is 18.3 Å².